The van der Waals surface area contributed by atoms with Crippen molar-refractivity contribution in [3.63, 3.8) is 0 Å². The number of fused-ring (bicyclic) bond motifs is 1. The van der Waals surface area contributed by atoms with Gasteiger partial charge in [0.1, 0.15) is 5.65 Å². The van der Waals surface area contributed by atoms with E-state index < -0.39 is 0 Å². The molecule has 0 spiro atoms. The third-order valence-electron chi connectivity index (χ3n) is 5.66. The molecule has 1 fully saturated rings. The monoisotopic (exact) mass is 415 g/mol. The molecule has 0 bridgehead atoms. The minimum absolute atomic E-state index is 0. The number of nitrogens with zero attached hydrogens (tertiary/aromatic N) is 4. The fraction of sp³-hybridized carbons (Fsp3) is 0.579. The summed E-state index contributed by atoms with van der Waals surface area (Å²) < 4.78 is 2.05. The number of carbonyl (C=O) groups excluding carboxylic acids is 1. The van der Waals surface area contributed by atoms with Gasteiger partial charge in [-0.05, 0) is 25.0 Å². The van der Waals surface area contributed by atoms with E-state index in [-0.39, 0.29) is 36.1 Å². The van der Waals surface area contributed by atoms with Crippen molar-refractivity contribution in [2.24, 2.45) is 11.1 Å². The molecule has 8 heteroatoms. The van der Waals surface area contributed by atoms with Crippen LogP contribution in [0.1, 0.15) is 32.4 Å². The van der Waals surface area contributed by atoms with Gasteiger partial charge in [-0.1, -0.05) is 19.9 Å². The molecule has 2 N–H and O–H groups in total. The zero-order chi connectivity index (χ0) is 17.9. The van der Waals surface area contributed by atoms with Gasteiger partial charge in [0.25, 0.3) is 0 Å². The Morgan fingerprint density at radius 1 is 1.15 bits per heavy atom. The Hall–Kier alpha value is -1.34. The summed E-state index contributed by atoms with van der Waals surface area (Å²) in [5, 5.41) is 0. The van der Waals surface area contributed by atoms with Crippen molar-refractivity contribution in [3.05, 3.63) is 36.3 Å². The van der Waals surface area contributed by atoms with Crippen LogP contribution in [0.15, 0.2) is 30.6 Å². The minimum atomic E-state index is -0.385. The van der Waals surface area contributed by atoms with Crippen molar-refractivity contribution >= 4 is 36.4 Å². The maximum absolute atomic E-state index is 12.9. The summed E-state index contributed by atoms with van der Waals surface area (Å²) in [7, 11) is 0. The van der Waals surface area contributed by atoms with E-state index in [0.717, 1.165) is 56.9 Å². The third kappa shape index (κ3) is 4.93. The van der Waals surface area contributed by atoms with E-state index in [1.807, 2.05) is 33.7 Å². The molecule has 6 nitrogen and oxygen atoms in total. The lowest BCUT2D eigenvalue weighted by Crippen LogP contribution is -2.54. The second kappa shape index (κ2) is 10.3. The zero-order valence-electron chi connectivity index (χ0n) is 16.1. The van der Waals surface area contributed by atoms with Crippen molar-refractivity contribution in [2.75, 3.05) is 32.7 Å². The number of imidazole rings is 1. The largest absolute Gasteiger partial charge is 0.340 e. The highest BCUT2D eigenvalue weighted by molar-refractivity contribution is 5.85. The van der Waals surface area contributed by atoms with E-state index in [9.17, 15) is 4.79 Å². The number of rotatable bonds is 6. The fourth-order valence-corrected chi connectivity index (χ4v) is 3.67. The summed E-state index contributed by atoms with van der Waals surface area (Å²) >= 11 is 0. The molecule has 0 radical (unpaired) electrons. The van der Waals surface area contributed by atoms with Crippen LogP contribution in [0.3, 0.4) is 0 Å². The van der Waals surface area contributed by atoms with Gasteiger partial charge in [-0.15, -0.1) is 24.8 Å². The zero-order valence-corrected chi connectivity index (χ0v) is 17.8. The minimum Gasteiger partial charge on any atom is -0.340 e. The van der Waals surface area contributed by atoms with Crippen molar-refractivity contribution in [3.8, 4) is 0 Å². The number of nitrogens with two attached hydrogens (primary N) is 1. The number of amides is 1. The molecule has 2 aromatic rings. The summed E-state index contributed by atoms with van der Waals surface area (Å²) in [6, 6.07) is 6.03. The standard InChI is InChI=1S/C19H29N5O.2ClH/c1-3-19(4-2,15-20)18(25)23-11-9-22(10-12-23)13-16-14-24-8-6-5-7-17(24)21-16;;/h5-8,14H,3-4,9-13,15,20H2,1-2H3;2*1H. The van der Waals surface area contributed by atoms with Crippen LogP contribution < -0.4 is 5.73 Å². The molecule has 1 amide bonds. The van der Waals surface area contributed by atoms with Crippen molar-refractivity contribution < 1.29 is 4.79 Å². The molecule has 1 aliphatic rings. The van der Waals surface area contributed by atoms with E-state index in [0.29, 0.717) is 6.54 Å². The second-order valence-electron chi connectivity index (χ2n) is 6.96. The van der Waals surface area contributed by atoms with Crippen molar-refractivity contribution in [2.45, 2.75) is 33.2 Å². The first-order valence-corrected chi connectivity index (χ1v) is 9.26. The van der Waals surface area contributed by atoms with Gasteiger partial charge < -0.3 is 15.0 Å². The SMILES string of the molecule is CCC(CC)(CN)C(=O)N1CCN(Cc2cn3ccccc3n2)CC1.Cl.Cl. The molecule has 27 heavy (non-hydrogen) atoms. The molecule has 0 unspecified atom stereocenters. The molecule has 0 aliphatic carbocycles. The summed E-state index contributed by atoms with van der Waals surface area (Å²) in [5.41, 5.74) is 7.60. The van der Waals surface area contributed by atoms with Gasteiger partial charge in [0.05, 0.1) is 11.1 Å². The second-order valence-corrected chi connectivity index (χ2v) is 6.96. The van der Waals surface area contributed by atoms with Crippen molar-refractivity contribution in [1.29, 1.82) is 0 Å². The van der Waals surface area contributed by atoms with Crippen molar-refractivity contribution in [1.82, 2.24) is 19.2 Å². The average molecular weight is 416 g/mol. The predicted octanol–water partition coefficient (Wildman–Crippen LogP) is 2.59. The van der Waals surface area contributed by atoms with Gasteiger partial charge in [-0.3, -0.25) is 9.69 Å². The van der Waals surface area contributed by atoms with Gasteiger partial charge in [-0.25, -0.2) is 4.98 Å². The molecule has 152 valence electrons. The molecule has 1 saturated heterocycles. The van der Waals surface area contributed by atoms with E-state index in [1.165, 1.54) is 0 Å². The van der Waals surface area contributed by atoms with Gasteiger partial charge in [0.15, 0.2) is 0 Å². The van der Waals surface area contributed by atoms with Crippen LogP contribution in [0.25, 0.3) is 5.65 Å². The van der Waals surface area contributed by atoms with Crippen LogP contribution in [0.5, 0.6) is 0 Å². The van der Waals surface area contributed by atoms with E-state index >= 15 is 0 Å². The first-order valence-electron chi connectivity index (χ1n) is 9.26. The van der Waals surface area contributed by atoms with Crippen LogP contribution in [0.4, 0.5) is 0 Å². The highest BCUT2D eigenvalue weighted by Gasteiger charge is 2.37. The molecule has 2 aromatic heterocycles. The van der Waals surface area contributed by atoms with Gasteiger partial charge >= 0.3 is 0 Å². The summed E-state index contributed by atoms with van der Waals surface area (Å²) in [6.07, 6.45) is 5.71. The van der Waals surface area contributed by atoms with E-state index in [1.54, 1.807) is 0 Å². The Bertz CT molecular complexity index is 682. The van der Waals surface area contributed by atoms with Gasteiger partial charge in [0.2, 0.25) is 5.91 Å². The molecular formula is C19H31Cl2N5O. The highest BCUT2D eigenvalue weighted by atomic mass is 35.5. The molecule has 3 rings (SSSR count). The quantitative estimate of drug-likeness (QED) is 0.786. The van der Waals surface area contributed by atoms with Crippen LogP contribution >= 0.6 is 24.8 Å². The predicted molar refractivity (Wildman–Crippen MR) is 114 cm³/mol. The topological polar surface area (TPSA) is 66.9 Å². The Labute approximate surface area is 173 Å². The molecule has 0 aromatic carbocycles. The summed E-state index contributed by atoms with van der Waals surface area (Å²) in [4.78, 5) is 21.9. The normalized spacial score (nSPS) is 15.3. The van der Waals surface area contributed by atoms with Gasteiger partial charge in [0, 0.05) is 51.7 Å². The lowest BCUT2D eigenvalue weighted by atomic mass is 9.81. The van der Waals surface area contributed by atoms with Crippen LogP contribution in [-0.2, 0) is 11.3 Å². The Morgan fingerprint density at radius 2 is 1.81 bits per heavy atom. The van der Waals surface area contributed by atoms with Crippen LogP contribution in [0, 0.1) is 5.41 Å². The molecule has 0 saturated carbocycles. The maximum Gasteiger partial charge on any atom is 0.230 e. The number of pyridine rings is 1. The number of aromatic nitrogens is 2. The molecular weight excluding hydrogens is 385 g/mol. The first kappa shape index (κ1) is 23.7. The highest BCUT2D eigenvalue weighted by Crippen LogP contribution is 2.28. The molecule has 3 heterocycles. The maximum atomic E-state index is 12.9. The smallest absolute Gasteiger partial charge is 0.230 e. The summed E-state index contributed by atoms with van der Waals surface area (Å²) in [6.45, 7) is 8.69. The van der Waals surface area contributed by atoms with Gasteiger partial charge in [-0.2, -0.15) is 0 Å². The molecule has 0 atom stereocenters. The number of carbonyl (C=O) groups is 1. The Balaban J connectivity index is 0.00000182. The van der Waals surface area contributed by atoms with Crippen LogP contribution in [-0.4, -0.2) is 57.8 Å². The lowest BCUT2D eigenvalue weighted by Gasteiger charge is -2.40. The first-order chi connectivity index (χ1) is 12.1. The van der Waals surface area contributed by atoms with E-state index in [4.69, 9.17) is 5.73 Å². The molecule has 1 aliphatic heterocycles. The number of piperazine rings is 1. The third-order valence-corrected chi connectivity index (χ3v) is 5.66. The summed E-state index contributed by atoms with van der Waals surface area (Å²) in [5.74, 6) is 0.229. The van der Waals surface area contributed by atoms with Crippen LogP contribution in [0.2, 0.25) is 0 Å². The average Bonchev–Trinajstić information content (AvgIpc) is 3.06. The fourth-order valence-electron chi connectivity index (χ4n) is 3.67. The number of hydrogen-bond donors (Lipinski definition) is 1. The van der Waals surface area contributed by atoms with E-state index in [2.05, 4.69) is 29.9 Å². The Kier molecular flexibility index (Phi) is 9.02. The lowest BCUT2D eigenvalue weighted by molar-refractivity contribution is -0.144. The number of halogens is 2. The Morgan fingerprint density at radius 3 is 2.37 bits per heavy atom. The number of hydrogen-bond acceptors (Lipinski definition) is 4.